The maximum Gasteiger partial charge on any atom is 0.244 e. The van der Waals surface area contributed by atoms with Gasteiger partial charge in [-0.05, 0) is 68.5 Å². The van der Waals surface area contributed by atoms with E-state index in [2.05, 4.69) is 23.2 Å². The number of carbonyl (C=O) groups is 1. The van der Waals surface area contributed by atoms with E-state index in [9.17, 15) is 4.79 Å². The van der Waals surface area contributed by atoms with Gasteiger partial charge in [0, 0.05) is 11.1 Å². The minimum Gasteiger partial charge on any atom is -0.463 e. The SMILES string of the molecule is CC(Sc1nc(-c2ccco2)c(-c2ccco2)[nH]1)C(=O)n1c2c(c3ccccc31)CCCC2. The summed E-state index contributed by atoms with van der Waals surface area (Å²) in [6.45, 7) is 1.94. The smallest absolute Gasteiger partial charge is 0.244 e. The highest BCUT2D eigenvalue weighted by Crippen LogP contribution is 2.36. The summed E-state index contributed by atoms with van der Waals surface area (Å²) in [5.74, 6) is 1.40. The number of hydrogen-bond acceptors (Lipinski definition) is 5. The molecule has 7 heteroatoms. The van der Waals surface area contributed by atoms with Crippen molar-refractivity contribution in [1.82, 2.24) is 14.5 Å². The molecule has 4 heterocycles. The van der Waals surface area contributed by atoms with Crippen LogP contribution >= 0.6 is 11.8 Å². The van der Waals surface area contributed by atoms with Crippen LogP contribution < -0.4 is 0 Å². The zero-order valence-corrected chi connectivity index (χ0v) is 19.0. The van der Waals surface area contributed by atoms with Crippen LogP contribution in [-0.4, -0.2) is 25.7 Å². The number of nitrogens with one attached hydrogen (secondary N) is 1. The van der Waals surface area contributed by atoms with Gasteiger partial charge in [0.1, 0.15) is 11.4 Å². The third kappa shape index (κ3) is 3.43. The minimum atomic E-state index is -0.327. The van der Waals surface area contributed by atoms with Crippen molar-refractivity contribution < 1.29 is 13.6 Å². The molecule has 0 bridgehead atoms. The van der Waals surface area contributed by atoms with Crippen LogP contribution in [0.1, 0.15) is 35.8 Å². The Kier molecular flexibility index (Phi) is 4.99. The Balaban J connectivity index is 1.35. The molecular formula is C26H23N3O3S. The number of carbonyl (C=O) groups excluding carboxylic acids is 1. The number of hydrogen-bond donors (Lipinski definition) is 1. The van der Waals surface area contributed by atoms with Crippen LogP contribution in [0.15, 0.2) is 75.0 Å². The second-order valence-corrected chi connectivity index (χ2v) is 9.63. The molecule has 0 spiro atoms. The van der Waals surface area contributed by atoms with E-state index in [1.807, 2.05) is 41.8 Å². The highest BCUT2D eigenvalue weighted by Gasteiger charge is 2.28. The summed E-state index contributed by atoms with van der Waals surface area (Å²) in [5.41, 5.74) is 4.92. The lowest BCUT2D eigenvalue weighted by Gasteiger charge is -2.17. The highest BCUT2D eigenvalue weighted by atomic mass is 32.2. The Morgan fingerprint density at radius 3 is 2.58 bits per heavy atom. The Morgan fingerprint density at radius 1 is 1.03 bits per heavy atom. The molecule has 0 fully saturated rings. The second kappa shape index (κ2) is 8.15. The van der Waals surface area contributed by atoms with Gasteiger partial charge in [-0.3, -0.25) is 9.36 Å². The van der Waals surface area contributed by atoms with Gasteiger partial charge in [-0.15, -0.1) is 0 Å². The first-order valence-electron chi connectivity index (χ1n) is 11.2. The molecule has 0 amide bonds. The topological polar surface area (TPSA) is 77.0 Å². The van der Waals surface area contributed by atoms with Gasteiger partial charge in [0.05, 0.1) is 23.3 Å². The first kappa shape index (κ1) is 20.2. The number of thioether (sulfide) groups is 1. The molecule has 5 aromatic rings. The quantitative estimate of drug-likeness (QED) is 0.302. The number of rotatable bonds is 5. The standard InChI is InChI=1S/C26H23N3O3S/c1-16(25(30)29-19-10-4-2-8-17(19)18-9-3-5-11-20(18)29)33-26-27-23(21-12-6-14-31-21)24(28-26)22-13-7-15-32-22/h2,4,6-8,10,12-16H,3,5,9,11H2,1H3,(H,27,28). The predicted octanol–water partition coefficient (Wildman–Crippen LogP) is 6.58. The van der Waals surface area contributed by atoms with Crippen LogP contribution in [0.4, 0.5) is 0 Å². The predicted molar refractivity (Wildman–Crippen MR) is 129 cm³/mol. The number of aromatic amines is 1. The summed E-state index contributed by atoms with van der Waals surface area (Å²) in [6, 6.07) is 15.7. The first-order chi connectivity index (χ1) is 16.2. The molecule has 1 N–H and O–H groups in total. The van der Waals surface area contributed by atoms with Gasteiger partial charge < -0.3 is 13.8 Å². The summed E-state index contributed by atoms with van der Waals surface area (Å²) >= 11 is 1.42. The van der Waals surface area contributed by atoms with E-state index in [0.29, 0.717) is 22.4 Å². The zero-order chi connectivity index (χ0) is 22.4. The number of benzene rings is 1. The van der Waals surface area contributed by atoms with E-state index < -0.39 is 0 Å². The maximum atomic E-state index is 13.7. The lowest BCUT2D eigenvalue weighted by atomic mass is 9.95. The molecular weight excluding hydrogens is 434 g/mol. The molecule has 1 aliphatic carbocycles. The molecule has 1 unspecified atom stereocenters. The van der Waals surface area contributed by atoms with E-state index in [1.165, 1.54) is 34.8 Å². The van der Waals surface area contributed by atoms with Crippen LogP contribution in [0.3, 0.4) is 0 Å². The van der Waals surface area contributed by atoms with Crippen LogP contribution in [0, 0.1) is 0 Å². The second-order valence-electron chi connectivity index (χ2n) is 8.30. The average Bonchev–Trinajstić information content (AvgIpc) is 3.64. The zero-order valence-electron chi connectivity index (χ0n) is 18.2. The lowest BCUT2D eigenvalue weighted by molar-refractivity contribution is 0.0917. The summed E-state index contributed by atoms with van der Waals surface area (Å²) in [7, 11) is 0. The van der Waals surface area contributed by atoms with Crippen molar-refractivity contribution in [3.8, 4) is 22.9 Å². The highest BCUT2D eigenvalue weighted by molar-refractivity contribution is 8.00. The van der Waals surface area contributed by atoms with E-state index in [4.69, 9.17) is 13.8 Å². The fourth-order valence-corrected chi connectivity index (χ4v) is 5.59. The largest absolute Gasteiger partial charge is 0.463 e. The number of aromatic nitrogens is 3. The Labute approximate surface area is 195 Å². The van der Waals surface area contributed by atoms with Gasteiger partial charge >= 0.3 is 0 Å². The molecule has 166 valence electrons. The number of aryl methyl sites for hydroxylation is 1. The third-order valence-electron chi connectivity index (χ3n) is 6.24. The van der Waals surface area contributed by atoms with Crippen molar-refractivity contribution in [3.63, 3.8) is 0 Å². The van der Waals surface area contributed by atoms with Gasteiger partial charge in [-0.1, -0.05) is 30.0 Å². The number of furan rings is 2. The van der Waals surface area contributed by atoms with Gasteiger partial charge in [-0.25, -0.2) is 4.98 Å². The molecule has 0 saturated heterocycles. The molecule has 33 heavy (non-hydrogen) atoms. The van der Waals surface area contributed by atoms with Gasteiger partial charge in [-0.2, -0.15) is 0 Å². The summed E-state index contributed by atoms with van der Waals surface area (Å²) in [6.07, 6.45) is 7.52. The van der Waals surface area contributed by atoms with Crippen molar-refractivity contribution in [2.75, 3.05) is 0 Å². The van der Waals surface area contributed by atoms with Crippen molar-refractivity contribution in [2.24, 2.45) is 0 Å². The van der Waals surface area contributed by atoms with Crippen molar-refractivity contribution in [2.45, 2.75) is 43.0 Å². The maximum absolute atomic E-state index is 13.7. The van der Waals surface area contributed by atoms with Gasteiger partial charge in [0.2, 0.25) is 5.91 Å². The normalized spacial score (nSPS) is 14.5. The summed E-state index contributed by atoms with van der Waals surface area (Å²) < 4.78 is 13.1. The molecule has 1 atom stereocenters. The average molecular weight is 458 g/mol. The van der Waals surface area contributed by atoms with Crippen molar-refractivity contribution in [3.05, 3.63) is 72.3 Å². The summed E-state index contributed by atoms with van der Waals surface area (Å²) in [4.78, 5) is 21.8. The third-order valence-corrected chi connectivity index (χ3v) is 7.21. The molecule has 0 aliphatic heterocycles. The molecule has 6 nitrogen and oxygen atoms in total. The van der Waals surface area contributed by atoms with Crippen LogP contribution in [0.5, 0.6) is 0 Å². The number of imidazole rings is 1. The molecule has 4 aromatic heterocycles. The van der Waals surface area contributed by atoms with E-state index in [0.717, 1.165) is 30.5 Å². The fraction of sp³-hybridized carbons (Fsp3) is 0.231. The summed E-state index contributed by atoms with van der Waals surface area (Å²) in [5, 5.41) is 1.53. The van der Waals surface area contributed by atoms with E-state index >= 15 is 0 Å². The molecule has 6 rings (SSSR count). The molecule has 1 aliphatic rings. The number of fused-ring (bicyclic) bond motifs is 3. The fourth-order valence-electron chi connectivity index (χ4n) is 4.74. The van der Waals surface area contributed by atoms with Crippen molar-refractivity contribution >= 4 is 28.6 Å². The van der Waals surface area contributed by atoms with Crippen LogP contribution in [0.2, 0.25) is 0 Å². The monoisotopic (exact) mass is 457 g/mol. The Hall–Kier alpha value is -3.45. The van der Waals surface area contributed by atoms with Gasteiger partial charge in [0.25, 0.3) is 0 Å². The van der Waals surface area contributed by atoms with E-state index in [-0.39, 0.29) is 11.2 Å². The Bertz CT molecular complexity index is 1380. The molecule has 1 aromatic carbocycles. The number of H-pyrrole nitrogens is 1. The lowest BCUT2D eigenvalue weighted by Crippen LogP contribution is -2.24. The number of nitrogens with zero attached hydrogens (tertiary/aromatic N) is 2. The van der Waals surface area contributed by atoms with Crippen LogP contribution in [0.25, 0.3) is 33.8 Å². The van der Waals surface area contributed by atoms with Crippen molar-refractivity contribution in [1.29, 1.82) is 0 Å². The van der Waals surface area contributed by atoms with Crippen LogP contribution in [-0.2, 0) is 12.8 Å². The minimum absolute atomic E-state index is 0.0786. The first-order valence-corrected chi connectivity index (χ1v) is 12.1. The number of para-hydroxylation sites is 1. The Morgan fingerprint density at radius 2 is 1.79 bits per heavy atom. The molecule has 0 radical (unpaired) electrons. The van der Waals surface area contributed by atoms with E-state index in [1.54, 1.807) is 12.5 Å². The van der Waals surface area contributed by atoms with Gasteiger partial charge in [0.15, 0.2) is 16.7 Å². The molecule has 0 saturated carbocycles.